The number of carbonyl (C=O) groups excluding carboxylic acids is 1. The molecule has 0 saturated heterocycles. The molecule has 2 N–H and O–H groups in total. The van der Waals surface area contributed by atoms with E-state index < -0.39 is 0 Å². The molecule has 2 aromatic heterocycles. The molecule has 1 aromatic carbocycles. The number of aryl methyl sites for hydroxylation is 2. The first-order chi connectivity index (χ1) is 14.1. The molecular formula is C23H28N4OS. The number of nitrogens with one attached hydrogen (secondary N) is 2. The predicted octanol–water partition coefficient (Wildman–Crippen LogP) is 5.23. The van der Waals surface area contributed by atoms with E-state index in [9.17, 15) is 4.79 Å². The fourth-order valence-corrected chi connectivity index (χ4v) is 5.10. The van der Waals surface area contributed by atoms with Crippen molar-refractivity contribution in [3.63, 3.8) is 0 Å². The Labute approximate surface area is 176 Å². The van der Waals surface area contributed by atoms with Crippen molar-refractivity contribution in [3.05, 3.63) is 41.0 Å². The number of hydrogen-bond acceptors (Lipinski definition) is 5. The highest BCUT2D eigenvalue weighted by Gasteiger charge is 2.18. The Morgan fingerprint density at radius 2 is 1.86 bits per heavy atom. The maximum Gasteiger partial charge on any atom is 0.221 e. The Hall–Kier alpha value is -2.47. The van der Waals surface area contributed by atoms with Crippen molar-refractivity contribution >= 4 is 33.3 Å². The smallest absolute Gasteiger partial charge is 0.221 e. The molecule has 2 heterocycles. The lowest BCUT2D eigenvalue weighted by Crippen LogP contribution is -2.36. The topological polar surface area (TPSA) is 66.9 Å². The molecule has 1 fully saturated rings. The van der Waals surface area contributed by atoms with E-state index in [1.807, 2.05) is 0 Å². The summed E-state index contributed by atoms with van der Waals surface area (Å²) in [7, 11) is 0. The minimum Gasteiger partial charge on any atom is -0.369 e. The van der Waals surface area contributed by atoms with Crippen LogP contribution in [0.15, 0.2) is 30.6 Å². The summed E-state index contributed by atoms with van der Waals surface area (Å²) < 4.78 is 0. The molecule has 4 rings (SSSR count). The lowest BCUT2D eigenvalue weighted by atomic mass is 9.95. The van der Waals surface area contributed by atoms with Crippen LogP contribution in [-0.2, 0) is 4.79 Å². The van der Waals surface area contributed by atoms with Crippen LogP contribution in [0.3, 0.4) is 0 Å². The molecule has 1 amide bonds. The summed E-state index contributed by atoms with van der Waals surface area (Å²) in [6.07, 6.45) is 8.01. The van der Waals surface area contributed by atoms with Gasteiger partial charge in [-0.1, -0.05) is 49.1 Å². The quantitative estimate of drug-likeness (QED) is 0.586. The second-order valence-corrected chi connectivity index (χ2v) is 9.08. The van der Waals surface area contributed by atoms with E-state index in [1.54, 1.807) is 17.7 Å². The molecule has 6 heteroatoms. The van der Waals surface area contributed by atoms with Crippen LogP contribution in [0.25, 0.3) is 21.3 Å². The number of hydrogen-bond donors (Lipinski definition) is 2. The number of fused-ring (bicyclic) bond motifs is 1. The number of carbonyl (C=O) groups is 1. The van der Waals surface area contributed by atoms with Gasteiger partial charge in [-0.05, 0) is 32.3 Å². The van der Waals surface area contributed by atoms with Gasteiger partial charge in [0.2, 0.25) is 5.91 Å². The number of thiophene rings is 1. The second-order valence-electron chi connectivity index (χ2n) is 7.88. The molecule has 5 nitrogen and oxygen atoms in total. The van der Waals surface area contributed by atoms with Crippen molar-refractivity contribution in [1.82, 2.24) is 15.3 Å². The fourth-order valence-electron chi connectivity index (χ4n) is 4.09. The second kappa shape index (κ2) is 8.91. The molecule has 29 heavy (non-hydrogen) atoms. The number of nitrogens with zero attached hydrogens (tertiary/aromatic N) is 2. The fraction of sp³-hybridized carbons (Fsp3) is 0.435. The van der Waals surface area contributed by atoms with Crippen LogP contribution in [0.2, 0.25) is 0 Å². The highest BCUT2D eigenvalue weighted by molar-refractivity contribution is 7.19. The van der Waals surface area contributed by atoms with Crippen LogP contribution >= 0.6 is 11.3 Å². The van der Waals surface area contributed by atoms with Gasteiger partial charge < -0.3 is 10.6 Å². The van der Waals surface area contributed by atoms with Crippen molar-refractivity contribution < 1.29 is 4.79 Å². The molecule has 0 aliphatic heterocycles. The number of rotatable bonds is 6. The van der Waals surface area contributed by atoms with E-state index in [-0.39, 0.29) is 5.91 Å². The van der Waals surface area contributed by atoms with Gasteiger partial charge in [-0.2, -0.15) is 0 Å². The van der Waals surface area contributed by atoms with Gasteiger partial charge in [0, 0.05) is 29.4 Å². The van der Waals surface area contributed by atoms with Crippen molar-refractivity contribution in [3.8, 4) is 11.1 Å². The lowest BCUT2D eigenvalue weighted by molar-refractivity contribution is -0.121. The Morgan fingerprint density at radius 3 is 2.62 bits per heavy atom. The van der Waals surface area contributed by atoms with Crippen LogP contribution < -0.4 is 10.6 Å². The SMILES string of the molecule is Cc1ccc(-c2c(C)sc3ncnc(NCCC(=O)NC4CCCCC4)c23)cc1. The maximum absolute atomic E-state index is 12.3. The first-order valence-corrected chi connectivity index (χ1v) is 11.3. The molecule has 0 spiro atoms. The molecule has 3 aromatic rings. The zero-order valence-corrected chi connectivity index (χ0v) is 17.9. The molecule has 1 saturated carbocycles. The molecule has 1 aliphatic rings. The minimum atomic E-state index is 0.120. The van der Waals surface area contributed by atoms with Gasteiger partial charge in [0.25, 0.3) is 0 Å². The van der Waals surface area contributed by atoms with Crippen molar-refractivity contribution in [2.24, 2.45) is 0 Å². The van der Waals surface area contributed by atoms with Crippen LogP contribution in [0.1, 0.15) is 49.0 Å². The monoisotopic (exact) mass is 408 g/mol. The predicted molar refractivity (Wildman–Crippen MR) is 120 cm³/mol. The summed E-state index contributed by atoms with van der Waals surface area (Å²) >= 11 is 1.68. The molecule has 0 bridgehead atoms. The Bertz CT molecular complexity index is 990. The normalized spacial score (nSPS) is 14.8. The Morgan fingerprint density at radius 1 is 1.10 bits per heavy atom. The number of aromatic nitrogens is 2. The van der Waals surface area contributed by atoms with Crippen molar-refractivity contribution in [2.45, 2.75) is 58.4 Å². The zero-order valence-electron chi connectivity index (χ0n) is 17.1. The Balaban J connectivity index is 1.49. The van der Waals surface area contributed by atoms with Gasteiger partial charge in [-0.15, -0.1) is 11.3 Å². The van der Waals surface area contributed by atoms with E-state index in [1.165, 1.54) is 40.8 Å². The third kappa shape index (κ3) is 4.58. The standard InChI is InChI=1S/C23H28N4OS/c1-15-8-10-17(11-9-15)20-16(2)29-23-21(20)22(25-14-26-23)24-13-12-19(28)27-18-6-4-3-5-7-18/h8-11,14,18H,3-7,12-13H2,1-2H3,(H,27,28)(H,24,25,26). The number of amides is 1. The number of benzene rings is 1. The summed E-state index contributed by atoms with van der Waals surface area (Å²) in [6, 6.07) is 8.92. The third-order valence-electron chi connectivity index (χ3n) is 5.62. The van der Waals surface area contributed by atoms with E-state index in [2.05, 4.69) is 58.7 Å². The third-order valence-corrected chi connectivity index (χ3v) is 6.63. The molecule has 152 valence electrons. The van der Waals surface area contributed by atoms with Gasteiger partial charge >= 0.3 is 0 Å². The van der Waals surface area contributed by atoms with E-state index in [0.29, 0.717) is 19.0 Å². The highest BCUT2D eigenvalue weighted by atomic mass is 32.1. The van der Waals surface area contributed by atoms with Gasteiger partial charge in [0.1, 0.15) is 17.0 Å². The van der Waals surface area contributed by atoms with Gasteiger partial charge in [-0.3, -0.25) is 4.79 Å². The van der Waals surface area contributed by atoms with Crippen LogP contribution in [-0.4, -0.2) is 28.5 Å². The van der Waals surface area contributed by atoms with Crippen LogP contribution in [0, 0.1) is 13.8 Å². The molecule has 1 aliphatic carbocycles. The summed E-state index contributed by atoms with van der Waals surface area (Å²) in [5, 5.41) is 7.61. The summed E-state index contributed by atoms with van der Waals surface area (Å²) in [5.74, 6) is 0.926. The first kappa shape index (κ1) is 19.8. The van der Waals surface area contributed by atoms with Crippen molar-refractivity contribution in [2.75, 3.05) is 11.9 Å². The highest BCUT2D eigenvalue weighted by Crippen LogP contribution is 2.40. The summed E-state index contributed by atoms with van der Waals surface area (Å²) in [5.41, 5.74) is 3.59. The molecule has 0 unspecified atom stereocenters. The molecule has 0 radical (unpaired) electrons. The van der Waals surface area contributed by atoms with Crippen LogP contribution in [0.5, 0.6) is 0 Å². The van der Waals surface area contributed by atoms with Gasteiger partial charge in [0.05, 0.1) is 5.39 Å². The van der Waals surface area contributed by atoms with Crippen molar-refractivity contribution in [1.29, 1.82) is 0 Å². The minimum absolute atomic E-state index is 0.120. The zero-order chi connectivity index (χ0) is 20.2. The van der Waals surface area contributed by atoms with Gasteiger partial charge in [-0.25, -0.2) is 9.97 Å². The number of anilines is 1. The van der Waals surface area contributed by atoms with E-state index in [4.69, 9.17) is 0 Å². The largest absolute Gasteiger partial charge is 0.369 e. The maximum atomic E-state index is 12.3. The first-order valence-electron chi connectivity index (χ1n) is 10.5. The Kier molecular flexibility index (Phi) is 6.09. The van der Waals surface area contributed by atoms with E-state index in [0.717, 1.165) is 28.9 Å². The lowest BCUT2D eigenvalue weighted by Gasteiger charge is -2.22. The van der Waals surface area contributed by atoms with Gasteiger partial charge in [0.15, 0.2) is 0 Å². The average Bonchev–Trinajstić information content (AvgIpc) is 3.06. The van der Waals surface area contributed by atoms with Crippen LogP contribution in [0.4, 0.5) is 5.82 Å². The summed E-state index contributed by atoms with van der Waals surface area (Å²) in [6.45, 7) is 4.78. The average molecular weight is 409 g/mol. The summed E-state index contributed by atoms with van der Waals surface area (Å²) in [4.78, 5) is 23.5. The molecular weight excluding hydrogens is 380 g/mol. The molecule has 0 atom stereocenters. The van der Waals surface area contributed by atoms with E-state index >= 15 is 0 Å².